The second kappa shape index (κ2) is 7.00. The van der Waals surface area contributed by atoms with E-state index in [9.17, 15) is 5.11 Å². The number of nitrogens with one attached hydrogen (secondary N) is 1. The van der Waals surface area contributed by atoms with E-state index in [-0.39, 0.29) is 6.23 Å². The first kappa shape index (κ1) is 15.1. The molecule has 6 heteroatoms. The molecule has 0 aliphatic carbocycles. The van der Waals surface area contributed by atoms with Crippen LogP contribution < -0.4 is 5.32 Å². The van der Waals surface area contributed by atoms with Gasteiger partial charge >= 0.3 is 0 Å². The van der Waals surface area contributed by atoms with E-state index in [1.165, 1.54) is 0 Å². The Bertz CT molecular complexity index is 608. The van der Waals surface area contributed by atoms with Gasteiger partial charge in [0.1, 0.15) is 5.69 Å². The molecule has 0 amide bonds. The van der Waals surface area contributed by atoms with Crippen LogP contribution in [0, 0.1) is 0 Å². The van der Waals surface area contributed by atoms with Gasteiger partial charge in [0, 0.05) is 18.7 Å². The summed E-state index contributed by atoms with van der Waals surface area (Å²) in [7, 11) is 1.82. The van der Waals surface area contributed by atoms with Crippen molar-refractivity contribution in [1.82, 2.24) is 20.3 Å². The van der Waals surface area contributed by atoms with E-state index in [1.807, 2.05) is 31.3 Å². The van der Waals surface area contributed by atoms with Crippen molar-refractivity contribution in [3.8, 4) is 11.3 Å². The zero-order valence-electron chi connectivity index (χ0n) is 12.8. The molecule has 1 saturated heterocycles. The van der Waals surface area contributed by atoms with Gasteiger partial charge in [-0.3, -0.25) is 0 Å². The largest absolute Gasteiger partial charge is 0.387 e. The molecule has 0 saturated carbocycles. The quantitative estimate of drug-likeness (QED) is 0.882. The van der Waals surface area contributed by atoms with E-state index < -0.39 is 6.10 Å². The third-order valence-electron chi connectivity index (χ3n) is 3.89. The van der Waals surface area contributed by atoms with Crippen LogP contribution in [0.25, 0.3) is 11.3 Å². The highest BCUT2D eigenvalue weighted by Gasteiger charge is 2.18. The number of rotatable bonds is 5. The number of aromatic nitrogens is 3. The lowest BCUT2D eigenvalue weighted by atomic mass is 10.0. The Morgan fingerprint density at radius 1 is 1.45 bits per heavy atom. The molecular weight excluding hydrogens is 280 g/mol. The fraction of sp³-hybridized carbons (Fsp3) is 0.500. The van der Waals surface area contributed by atoms with Crippen molar-refractivity contribution in [2.45, 2.75) is 31.6 Å². The summed E-state index contributed by atoms with van der Waals surface area (Å²) in [6.45, 7) is 1.29. The molecule has 2 unspecified atom stereocenters. The maximum Gasteiger partial charge on any atom is 0.169 e. The Hall–Kier alpha value is -1.76. The van der Waals surface area contributed by atoms with Crippen molar-refractivity contribution in [3.63, 3.8) is 0 Å². The summed E-state index contributed by atoms with van der Waals surface area (Å²) in [5.74, 6) is 0. The maximum atomic E-state index is 10.1. The first-order valence-corrected chi connectivity index (χ1v) is 7.74. The first-order chi connectivity index (χ1) is 10.8. The number of likely N-dealkylation sites (N-methyl/N-ethyl adjacent to an activating group) is 1. The van der Waals surface area contributed by atoms with Crippen LogP contribution in [-0.2, 0) is 4.74 Å². The van der Waals surface area contributed by atoms with Crippen LogP contribution in [0.3, 0.4) is 0 Å². The minimum absolute atomic E-state index is 0.0550. The van der Waals surface area contributed by atoms with Gasteiger partial charge in [-0.25, -0.2) is 0 Å². The van der Waals surface area contributed by atoms with Crippen LogP contribution >= 0.6 is 0 Å². The molecular formula is C16H22N4O2. The predicted molar refractivity (Wildman–Crippen MR) is 83.2 cm³/mol. The number of hydrogen-bond donors (Lipinski definition) is 2. The number of ether oxygens (including phenoxy) is 1. The van der Waals surface area contributed by atoms with Gasteiger partial charge in [-0.05, 0) is 37.9 Å². The molecule has 3 rings (SSSR count). The number of nitrogens with zero attached hydrogens (tertiary/aromatic N) is 3. The Morgan fingerprint density at radius 2 is 2.36 bits per heavy atom. The molecule has 2 N–H and O–H groups in total. The molecule has 0 spiro atoms. The fourth-order valence-corrected chi connectivity index (χ4v) is 2.67. The minimum Gasteiger partial charge on any atom is -0.387 e. The van der Waals surface area contributed by atoms with Gasteiger partial charge in [-0.15, -0.1) is 0 Å². The van der Waals surface area contributed by atoms with Crippen molar-refractivity contribution in [1.29, 1.82) is 0 Å². The highest BCUT2D eigenvalue weighted by molar-refractivity contribution is 5.58. The lowest BCUT2D eigenvalue weighted by molar-refractivity contribution is -0.0479. The SMILES string of the molecule is CNCC(O)c1cccc(-c2cnn(C3CCCCO3)n2)c1. The number of benzene rings is 1. The molecule has 6 nitrogen and oxygen atoms in total. The van der Waals surface area contributed by atoms with Gasteiger partial charge in [0.15, 0.2) is 6.23 Å². The molecule has 2 aromatic rings. The Morgan fingerprint density at radius 3 is 3.14 bits per heavy atom. The van der Waals surface area contributed by atoms with Crippen LogP contribution in [0.1, 0.15) is 37.2 Å². The normalized spacial score (nSPS) is 20.0. The van der Waals surface area contributed by atoms with Gasteiger partial charge in [-0.1, -0.05) is 18.2 Å². The van der Waals surface area contributed by atoms with Crippen molar-refractivity contribution in [3.05, 3.63) is 36.0 Å². The second-order valence-corrected chi connectivity index (χ2v) is 5.57. The zero-order chi connectivity index (χ0) is 15.4. The van der Waals surface area contributed by atoms with Crippen molar-refractivity contribution < 1.29 is 9.84 Å². The minimum atomic E-state index is -0.526. The molecule has 1 fully saturated rings. The Kier molecular flexibility index (Phi) is 4.82. The van der Waals surface area contributed by atoms with Gasteiger partial charge < -0.3 is 15.2 Å². The molecule has 1 aromatic heterocycles. The van der Waals surface area contributed by atoms with Crippen LogP contribution in [0.15, 0.2) is 30.5 Å². The Labute approximate surface area is 130 Å². The summed E-state index contributed by atoms with van der Waals surface area (Å²) >= 11 is 0. The maximum absolute atomic E-state index is 10.1. The summed E-state index contributed by atoms with van der Waals surface area (Å²) in [4.78, 5) is 1.66. The van der Waals surface area contributed by atoms with E-state index in [0.29, 0.717) is 6.54 Å². The van der Waals surface area contributed by atoms with E-state index in [1.54, 1.807) is 11.0 Å². The van der Waals surface area contributed by atoms with Crippen molar-refractivity contribution >= 4 is 0 Å². The summed E-state index contributed by atoms with van der Waals surface area (Å²) in [6.07, 6.45) is 4.38. The molecule has 1 aliphatic rings. The molecule has 22 heavy (non-hydrogen) atoms. The molecule has 1 aliphatic heterocycles. The molecule has 0 radical (unpaired) electrons. The topological polar surface area (TPSA) is 72.2 Å². The Balaban J connectivity index is 1.79. The van der Waals surface area contributed by atoms with Crippen LogP contribution in [-0.4, -0.2) is 40.3 Å². The summed E-state index contributed by atoms with van der Waals surface area (Å²) in [6, 6.07) is 7.78. The van der Waals surface area contributed by atoms with E-state index in [4.69, 9.17) is 4.74 Å². The summed E-state index contributed by atoms with van der Waals surface area (Å²) in [5.41, 5.74) is 2.62. The van der Waals surface area contributed by atoms with E-state index in [0.717, 1.165) is 42.7 Å². The molecule has 118 valence electrons. The molecule has 1 aromatic carbocycles. The molecule has 2 atom stereocenters. The van der Waals surface area contributed by atoms with E-state index in [2.05, 4.69) is 15.5 Å². The van der Waals surface area contributed by atoms with Crippen LogP contribution in [0.5, 0.6) is 0 Å². The first-order valence-electron chi connectivity index (χ1n) is 7.74. The zero-order valence-corrected chi connectivity index (χ0v) is 12.8. The lowest BCUT2D eigenvalue weighted by Crippen LogP contribution is -2.20. The van der Waals surface area contributed by atoms with Crippen molar-refractivity contribution in [2.24, 2.45) is 0 Å². The van der Waals surface area contributed by atoms with Gasteiger partial charge in [0.25, 0.3) is 0 Å². The van der Waals surface area contributed by atoms with E-state index >= 15 is 0 Å². The monoisotopic (exact) mass is 302 g/mol. The average molecular weight is 302 g/mol. The van der Waals surface area contributed by atoms with Crippen LogP contribution in [0.2, 0.25) is 0 Å². The molecule has 0 bridgehead atoms. The number of aliphatic hydroxyl groups is 1. The predicted octanol–water partition coefficient (Wildman–Crippen LogP) is 1.90. The third-order valence-corrected chi connectivity index (χ3v) is 3.89. The summed E-state index contributed by atoms with van der Waals surface area (Å²) in [5, 5.41) is 21.9. The molecule has 2 heterocycles. The average Bonchev–Trinajstić information content (AvgIpc) is 3.06. The third kappa shape index (κ3) is 3.35. The lowest BCUT2D eigenvalue weighted by Gasteiger charge is -2.21. The number of hydrogen-bond acceptors (Lipinski definition) is 5. The number of aliphatic hydroxyl groups excluding tert-OH is 1. The highest BCUT2D eigenvalue weighted by atomic mass is 16.5. The highest BCUT2D eigenvalue weighted by Crippen LogP contribution is 2.24. The fourth-order valence-electron chi connectivity index (χ4n) is 2.67. The van der Waals surface area contributed by atoms with Gasteiger partial charge in [0.05, 0.1) is 12.3 Å². The summed E-state index contributed by atoms with van der Waals surface area (Å²) < 4.78 is 5.70. The van der Waals surface area contributed by atoms with Crippen molar-refractivity contribution in [2.75, 3.05) is 20.2 Å². The van der Waals surface area contributed by atoms with Gasteiger partial charge in [0.2, 0.25) is 0 Å². The second-order valence-electron chi connectivity index (χ2n) is 5.57. The van der Waals surface area contributed by atoms with Crippen LogP contribution in [0.4, 0.5) is 0 Å². The smallest absolute Gasteiger partial charge is 0.169 e. The van der Waals surface area contributed by atoms with Gasteiger partial charge in [-0.2, -0.15) is 15.0 Å². The standard InChI is InChI=1S/C16H22N4O2/c1-17-11-15(21)13-6-4-5-12(9-13)14-10-18-20(19-14)16-7-2-3-8-22-16/h4-6,9-10,15-17,21H,2-3,7-8,11H2,1H3.